The summed E-state index contributed by atoms with van der Waals surface area (Å²) in [5, 5.41) is 22.5. The molecule has 0 spiro atoms. The van der Waals surface area contributed by atoms with Gasteiger partial charge in [0.15, 0.2) is 5.78 Å². The average molecular weight is 461 g/mol. The van der Waals surface area contributed by atoms with Crippen LogP contribution >= 0.6 is 0 Å². The fourth-order valence-electron chi connectivity index (χ4n) is 4.75. The van der Waals surface area contributed by atoms with Gasteiger partial charge in [0.2, 0.25) is 0 Å². The van der Waals surface area contributed by atoms with Gasteiger partial charge in [0.25, 0.3) is 5.67 Å². The number of Topliss-reactive ketones (excluding diaryl/α,β-unsaturated/α-hetero) is 2. The Balaban J connectivity index is 3.69. The predicted molar refractivity (Wildman–Crippen MR) is 118 cm³/mol. The zero-order valence-corrected chi connectivity index (χ0v) is 21.1. The average Bonchev–Trinajstić information content (AvgIpc) is 2.72. The fraction of sp³-hybridized carbons (Fsp3) is 0.875. The first-order valence-corrected chi connectivity index (χ1v) is 11.3. The van der Waals surface area contributed by atoms with Crippen molar-refractivity contribution in [3.8, 4) is 0 Å². The number of ether oxygens (including phenoxy) is 2. The lowest BCUT2D eigenvalue weighted by Crippen LogP contribution is -2.64. The molecule has 0 aliphatic carbocycles. The maximum absolute atomic E-state index is 15.5. The Kier molecular flexibility index (Phi) is 8.48. The number of aliphatic hydroxyl groups is 2. The summed E-state index contributed by atoms with van der Waals surface area (Å²) in [5.74, 6) is -5.80. The lowest BCUT2D eigenvalue weighted by atomic mass is 9.67. The molecule has 1 aliphatic heterocycles. The monoisotopic (exact) mass is 460 g/mol. The molecule has 1 aliphatic rings. The van der Waals surface area contributed by atoms with E-state index in [9.17, 15) is 24.6 Å². The molecule has 32 heavy (non-hydrogen) atoms. The molecule has 0 aromatic heterocycles. The van der Waals surface area contributed by atoms with Gasteiger partial charge in [-0.3, -0.25) is 9.59 Å². The van der Waals surface area contributed by atoms with Crippen LogP contribution in [0.5, 0.6) is 0 Å². The highest BCUT2D eigenvalue weighted by Gasteiger charge is 2.57. The number of cyclic esters (lactones) is 1. The Bertz CT molecular complexity index is 730. The Hall–Kier alpha value is -1.38. The van der Waals surface area contributed by atoms with E-state index in [0.29, 0.717) is 0 Å². The lowest BCUT2D eigenvalue weighted by Gasteiger charge is -2.47. The zero-order chi connectivity index (χ0) is 25.4. The van der Waals surface area contributed by atoms with Gasteiger partial charge in [-0.15, -0.1) is 0 Å². The molecule has 1 heterocycles. The quantitative estimate of drug-likeness (QED) is 0.481. The van der Waals surface area contributed by atoms with Crippen molar-refractivity contribution < 1.29 is 38.5 Å². The second-order valence-electron chi connectivity index (χ2n) is 10.3. The number of methoxy groups -OCH3 is 1. The molecule has 7 nitrogen and oxygen atoms in total. The van der Waals surface area contributed by atoms with E-state index in [0.717, 1.165) is 6.92 Å². The molecule has 0 aromatic carbocycles. The van der Waals surface area contributed by atoms with Crippen LogP contribution in [-0.2, 0) is 23.9 Å². The summed E-state index contributed by atoms with van der Waals surface area (Å²) in [6.07, 6.45) is -1.11. The summed E-state index contributed by atoms with van der Waals surface area (Å²) in [4.78, 5) is 39.1. The molecular formula is C24H41FO7. The Morgan fingerprint density at radius 1 is 1.03 bits per heavy atom. The van der Waals surface area contributed by atoms with Crippen LogP contribution in [0.15, 0.2) is 0 Å². The molecular weight excluding hydrogens is 419 g/mol. The standard InChI is InChI=1S/C24H41FO7/c1-11-17-24(9,30)23(8,29)16(5)18(26)13(2)12-21(6,31-10)15(4)14(3)19(27)22(7,25)20(28)32-17/h13-17,29-30H,11-12H2,1-10H3/t13-,14-,15-,16+,17-,21-,22+,23?,24-/m1/s1. The Morgan fingerprint density at radius 2 is 1.53 bits per heavy atom. The van der Waals surface area contributed by atoms with E-state index in [1.54, 1.807) is 27.7 Å². The summed E-state index contributed by atoms with van der Waals surface area (Å²) in [6, 6.07) is 0. The van der Waals surface area contributed by atoms with Gasteiger partial charge in [-0.05, 0) is 46.5 Å². The number of alkyl halides is 1. The number of carbonyl (C=O) groups excluding carboxylic acids is 3. The van der Waals surface area contributed by atoms with Gasteiger partial charge < -0.3 is 19.7 Å². The molecule has 1 saturated heterocycles. The number of hydrogen-bond donors (Lipinski definition) is 2. The minimum atomic E-state index is -2.96. The van der Waals surface area contributed by atoms with Crippen LogP contribution in [0.3, 0.4) is 0 Å². The third-order valence-corrected chi connectivity index (χ3v) is 8.18. The van der Waals surface area contributed by atoms with Crippen LogP contribution < -0.4 is 0 Å². The lowest BCUT2D eigenvalue weighted by molar-refractivity contribution is -0.223. The number of rotatable bonds is 2. The molecule has 9 atom stereocenters. The van der Waals surface area contributed by atoms with Gasteiger partial charge in [-0.1, -0.05) is 34.6 Å². The number of esters is 1. The van der Waals surface area contributed by atoms with Crippen molar-refractivity contribution in [1.29, 1.82) is 0 Å². The first-order chi connectivity index (χ1) is 14.3. The van der Waals surface area contributed by atoms with Crippen molar-refractivity contribution in [2.45, 2.75) is 104 Å². The van der Waals surface area contributed by atoms with Crippen molar-refractivity contribution in [2.75, 3.05) is 7.11 Å². The molecule has 2 N–H and O–H groups in total. The molecule has 1 fully saturated rings. The van der Waals surface area contributed by atoms with E-state index >= 15 is 4.39 Å². The smallest absolute Gasteiger partial charge is 0.351 e. The topological polar surface area (TPSA) is 110 Å². The van der Waals surface area contributed by atoms with E-state index in [4.69, 9.17) is 9.47 Å². The van der Waals surface area contributed by atoms with Crippen LogP contribution in [0, 0.1) is 23.7 Å². The fourth-order valence-corrected chi connectivity index (χ4v) is 4.75. The van der Waals surface area contributed by atoms with Crippen LogP contribution in [0.4, 0.5) is 4.39 Å². The molecule has 1 rings (SSSR count). The summed E-state index contributed by atoms with van der Waals surface area (Å²) in [7, 11) is 1.45. The molecule has 186 valence electrons. The van der Waals surface area contributed by atoms with Crippen molar-refractivity contribution in [1.82, 2.24) is 0 Å². The van der Waals surface area contributed by atoms with E-state index in [1.807, 2.05) is 0 Å². The van der Waals surface area contributed by atoms with E-state index in [2.05, 4.69) is 0 Å². The molecule has 1 unspecified atom stereocenters. The van der Waals surface area contributed by atoms with Crippen LogP contribution in [0.2, 0.25) is 0 Å². The van der Waals surface area contributed by atoms with Gasteiger partial charge in [-0.25, -0.2) is 9.18 Å². The van der Waals surface area contributed by atoms with Crippen LogP contribution in [-0.4, -0.2) is 63.4 Å². The van der Waals surface area contributed by atoms with Crippen molar-refractivity contribution in [2.24, 2.45) is 23.7 Å². The molecule has 0 bridgehead atoms. The van der Waals surface area contributed by atoms with Crippen LogP contribution in [0.1, 0.15) is 75.2 Å². The molecule has 0 aromatic rings. The van der Waals surface area contributed by atoms with E-state index in [-0.39, 0.29) is 18.6 Å². The maximum atomic E-state index is 15.5. The number of carbonyl (C=O) groups is 3. The van der Waals surface area contributed by atoms with Gasteiger partial charge in [-0.2, -0.15) is 0 Å². The van der Waals surface area contributed by atoms with Gasteiger partial charge in [0.1, 0.15) is 23.1 Å². The minimum Gasteiger partial charge on any atom is -0.457 e. The second kappa shape index (κ2) is 9.47. The van der Waals surface area contributed by atoms with Crippen LogP contribution in [0.25, 0.3) is 0 Å². The first-order valence-electron chi connectivity index (χ1n) is 11.3. The molecule has 0 saturated carbocycles. The third-order valence-electron chi connectivity index (χ3n) is 8.18. The van der Waals surface area contributed by atoms with Crippen molar-refractivity contribution in [3.63, 3.8) is 0 Å². The summed E-state index contributed by atoms with van der Waals surface area (Å²) in [6.45, 7) is 13.2. The van der Waals surface area contributed by atoms with Gasteiger partial charge in [0.05, 0.1) is 5.60 Å². The number of hydrogen-bond acceptors (Lipinski definition) is 7. The van der Waals surface area contributed by atoms with Gasteiger partial charge in [0, 0.05) is 24.9 Å². The van der Waals surface area contributed by atoms with Crippen molar-refractivity contribution in [3.05, 3.63) is 0 Å². The highest BCUT2D eigenvalue weighted by atomic mass is 19.1. The van der Waals surface area contributed by atoms with Gasteiger partial charge >= 0.3 is 5.97 Å². The SMILES string of the molecule is CC[C@H]1OC(=O)[C@@](C)(F)C(=O)[C@H](C)[C@@H](C)[C@](C)(OC)C[C@@H](C)C(=O)[C@H](C)C(C)(O)[C@]1(C)O. The molecule has 0 amide bonds. The molecule has 8 heteroatoms. The maximum Gasteiger partial charge on any atom is 0.351 e. The van der Waals surface area contributed by atoms with Crippen molar-refractivity contribution >= 4 is 17.5 Å². The summed E-state index contributed by atoms with van der Waals surface area (Å²) in [5.41, 5.74) is -8.06. The Morgan fingerprint density at radius 3 is 1.97 bits per heavy atom. The first kappa shape index (κ1) is 28.7. The van der Waals surface area contributed by atoms with E-state index < -0.39 is 64.0 Å². The highest BCUT2D eigenvalue weighted by Crippen LogP contribution is 2.41. The Labute approximate surface area is 191 Å². The zero-order valence-electron chi connectivity index (χ0n) is 21.1. The third kappa shape index (κ3) is 4.77. The normalized spacial score (nSPS) is 47.7. The molecule has 0 radical (unpaired) electrons. The highest BCUT2D eigenvalue weighted by molar-refractivity contribution is 6.07. The largest absolute Gasteiger partial charge is 0.457 e. The minimum absolute atomic E-state index is 0.0311. The number of halogens is 1. The second-order valence-corrected chi connectivity index (χ2v) is 10.3. The van der Waals surface area contributed by atoms with E-state index in [1.165, 1.54) is 34.8 Å². The number of ketones is 2. The summed E-state index contributed by atoms with van der Waals surface area (Å²) >= 11 is 0. The predicted octanol–water partition coefficient (Wildman–Crippen LogP) is 3.03. The summed E-state index contributed by atoms with van der Waals surface area (Å²) < 4.78 is 26.5.